The zero-order chi connectivity index (χ0) is 15.0. The summed E-state index contributed by atoms with van der Waals surface area (Å²) < 4.78 is 47.1. The van der Waals surface area contributed by atoms with E-state index in [2.05, 4.69) is 4.74 Å². The number of halogens is 3. The van der Waals surface area contributed by atoms with Gasteiger partial charge in [0.15, 0.2) is 0 Å². The molecule has 0 aromatic carbocycles. The number of alkyl halides is 3. The third kappa shape index (κ3) is 3.51. The first-order chi connectivity index (χ1) is 8.47. The maximum absolute atomic E-state index is 12.6. The second kappa shape index (κ2) is 4.90. The number of carbonyl (C=O) groups excluding carboxylic acids is 2. The first kappa shape index (κ1) is 15.6. The molecule has 1 rings (SSSR count). The van der Waals surface area contributed by atoms with Gasteiger partial charge in [0.2, 0.25) is 0 Å². The minimum Gasteiger partial charge on any atom is -0.467 e. The predicted molar refractivity (Wildman–Crippen MR) is 58.3 cm³/mol. The maximum atomic E-state index is 12.6. The smallest absolute Gasteiger partial charge is 0.411 e. The summed E-state index contributed by atoms with van der Waals surface area (Å²) in [6.07, 6.45) is -5.51. The molecule has 0 aromatic rings. The number of methoxy groups -OCH3 is 1. The Hall–Kier alpha value is -1.47. The van der Waals surface area contributed by atoms with E-state index in [0.29, 0.717) is 0 Å². The van der Waals surface area contributed by atoms with Crippen LogP contribution in [0.2, 0.25) is 0 Å². The largest absolute Gasteiger partial charge is 0.467 e. The number of likely N-dealkylation sites (tertiary alicyclic amines) is 1. The van der Waals surface area contributed by atoms with Crippen LogP contribution in [-0.4, -0.2) is 48.4 Å². The lowest BCUT2D eigenvalue weighted by molar-refractivity contribution is -0.230. The third-order valence-corrected chi connectivity index (χ3v) is 2.60. The molecule has 1 heterocycles. The van der Waals surface area contributed by atoms with Crippen LogP contribution in [0.15, 0.2) is 0 Å². The van der Waals surface area contributed by atoms with Crippen LogP contribution in [0.3, 0.4) is 0 Å². The van der Waals surface area contributed by atoms with Crippen molar-refractivity contribution in [2.45, 2.75) is 38.6 Å². The Morgan fingerprint density at radius 2 is 1.74 bits per heavy atom. The number of ether oxygens (including phenoxy) is 2. The molecule has 1 fully saturated rings. The Morgan fingerprint density at radius 3 is 2.11 bits per heavy atom. The van der Waals surface area contributed by atoms with E-state index in [0.717, 1.165) is 12.0 Å². The average Bonchev–Trinajstić information content (AvgIpc) is 2.10. The van der Waals surface area contributed by atoms with Crippen LogP contribution in [-0.2, 0) is 14.3 Å². The number of carbonyl (C=O) groups is 2. The summed E-state index contributed by atoms with van der Waals surface area (Å²) in [5, 5.41) is 0. The highest BCUT2D eigenvalue weighted by atomic mass is 19.4. The summed E-state index contributed by atoms with van der Waals surface area (Å²) in [6, 6.07) is -1.67. The highest BCUT2D eigenvalue weighted by molar-refractivity contribution is 5.84. The molecule has 0 N–H and O–H groups in total. The van der Waals surface area contributed by atoms with Crippen molar-refractivity contribution >= 4 is 12.1 Å². The number of hydrogen-bond acceptors (Lipinski definition) is 4. The van der Waals surface area contributed by atoms with Gasteiger partial charge in [0.25, 0.3) is 0 Å². The molecule has 5 nitrogen and oxygen atoms in total. The van der Waals surface area contributed by atoms with Crippen molar-refractivity contribution in [2.75, 3.05) is 13.7 Å². The summed E-state index contributed by atoms with van der Waals surface area (Å²) in [7, 11) is 0.974. The fraction of sp³-hybridized carbons (Fsp3) is 0.818. The molecule has 0 saturated carbocycles. The summed E-state index contributed by atoms with van der Waals surface area (Å²) in [4.78, 5) is 23.8. The van der Waals surface area contributed by atoms with E-state index >= 15 is 0 Å². The van der Waals surface area contributed by atoms with E-state index in [1.165, 1.54) is 0 Å². The number of esters is 1. The summed E-state index contributed by atoms with van der Waals surface area (Å²) >= 11 is 0. The van der Waals surface area contributed by atoms with Crippen molar-refractivity contribution in [3.05, 3.63) is 0 Å². The fourth-order valence-corrected chi connectivity index (χ4v) is 1.71. The topological polar surface area (TPSA) is 55.8 Å². The van der Waals surface area contributed by atoms with Gasteiger partial charge >= 0.3 is 18.2 Å². The van der Waals surface area contributed by atoms with E-state index in [-0.39, 0.29) is 0 Å². The normalized spacial score (nSPS) is 23.6. The third-order valence-electron chi connectivity index (χ3n) is 2.60. The molecule has 0 aliphatic carbocycles. The van der Waals surface area contributed by atoms with Gasteiger partial charge in [-0.3, -0.25) is 4.90 Å². The van der Waals surface area contributed by atoms with Gasteiger partial charge in [-0.25, -0.2) is 9.59 Å². The minimum absolute atomic E-state index is 0.599. The van der Waals surface area contributed by atoms with Crippen LogP contribution in [0.5, 0.6) is 0 Å². The summed E-state index contributed by atoms with van der Waals surface area (Å²) in [6.45, 7) is 4.15. The molecule has 0 spiro atoms. The number of hydrogen-bond donors (Lipinski definition) is 0. The van der Waals surface area contributed by atoms with Crippen molar-refractivity contribution in [2.24, 2.45) is 5.92 Å². The highest BCUT2D eigenvalue weighted by Gasteiger charge is 2.60. The Labute approximate surface area is 108 Å². The quantitative estimate of drug-likeness (QED) is 0.690. The molecule has 0 unspecified atom stereocenters. The molecule has 8 heteroatoms. The first-order valence-electron chi connectivity index (χ1n) is 5.61. The fourth-order valence-electron chi connectivity index (χ4n) is 1.71. The minimum atomic E-state index is -4.56. The second-order valence-electron chi connectivity index (χ2n) is 5.25. The molecular weight excluding hydrogens is 267 g/mol. The van der Waals surface area contributed by atoms with Gasteiger partial charge in [-0.05, 0) is 20.8 Å². The van der Waals surface area contributed by atoms with Gasteiger partial charge in [-0.15, -0.1) is 0 Å². The van der Waals surface area contributed by atoms with Gasteiger partial charge in [-0.1, -0.05) is 0 Å². The standard InChI is InChI=1S/C11H16F3NO4/c1-10(2,3)19-9(17)15-5-6(11(12,13)14)7(15)8(16)18-4/h6-7H,5H2,1-4H3/t6-,7-/m0/s1. The van der Waals surface area contributed by atoms with Crippen LogP contribution in [0, 0.1) is 5.92 Å². The number of nitrogens with zero attached hydrogens (tertiary/aromatic N) is 1. The lowest BCUT2D eigenvalue weighted by Gasteiger charge is -2.46. The molecule has 0 radical (unpaired) electrons. The van der Waals surface area contributed by atoms with E-state index < -0.39 is 42.3 Å². The molecule has 1 aliphatic rings. The Morgan fingerprint density at radius 1 is 1.21 bits per heavy atom. The number of amides is 1. The molecule has 1 amide bonds. The van der Waals surface area contributed by atoms with Crippen molar-refractivity contribution in [3.63, 3.8) is 0 Å². The van der Waals surface area contributed by atoms with Crippen molar-refractivity contribution in [3.8, 4) is 0 Å². The second-order valence-corrected chi connectivity index (χ2v) is 5.25. The lowest BCUT2D eigenvalue weighted by Crippen LogP contribution is -2.67. The van der Waals surface area contributed by atoms with Crippen LogP contribution >= 0.6 is 0 Å². The molecule has 1 aliphatic heterocycles. The summed E-state index contributed by atoms with van der Waals surface area (Å²) in [5.74, 6) is -3.01. The van der Waals surface area contributed by atoms with Gasteiger partial charge in [0.05, 0.1) is 7.11 Å². The van der Waals surface area contributed by atoms with Gasteiger partial charge in [0, 0.05) is 6.54 Å². The van der Waals surface area contributed by atoms with Gasteiger partial charge in [-0.2, -0.15) is 13.2 Å². The van der Waals surface area contributed by atoms with Crippen molar-refractivity contribution in [1.82, 2.24) is 4.90 Å². The molecule has 0 aromatic heterocycles. The Bertz CT molecular complexity index is 375. The highest BCUT2D eigenvalue weighted by Crippen LogP contribution is 2.40. The summed E-state index contributed by atoms with van der Waals surface area (Å²) in [5.41, 5.74) is -0.846. The SMILES string of the molecule is COC(=O)[C@@H]1[C@@H](C(F)(F)F)CN1C(=O)OC(C)(C)C. The Kier molecular flexibility index (Phi) is 4.02. The van der Waals surface area contributed by atoms with Crippen LogP contribution < -0.4 is 0 Å². The molecule has 110 valence electrons. The van der Waals surface area contributed by atoms with Crippen LogP contribution in [0.4, 0.5) is 18.0 Å². The lowest BCUT2D eigenvalue weighted by atomic mass is 9.88. The monoisotopic (exact) mass is 283 g/mol. The molecular formula is C11H16F3NO4. The zero-order valence-electron chi connectivity index (χ0n) is 11.1. The molecule has 1 saturated heterocycles. The molecule has 2 atom stereocenters. The molecule has 19 heavy (non-hydrogen) atoms. The van der Waals surface area contributed by atoms with E-state index in [9.17, 15) is 22.8 Å². The average molecular weight is 283 g/mol. The van der Waals surface area contributed by atoms with Crippen molar-refractivity contribution in [1.29, 1.82) is 0 Å². The number of rotatable bonds is 1. The van der Waals surface area contributed by atoms with Crippen LogP contribution in [0.25, 0.3) is 0 Å². The van der Waals surface area contributed by atoms with Gasteiger partial charge < -0.3 is 9.47 Å². The van der Waals surface area contributed by atoms with E-state index in [1.807, 2.05) is 0 Å². The van der Waals surface area contributed by atoms with E-state index in [4.69, 9.17) is 4.74 Å². The van der Waals surface area contributed by atoms with E-state index in [1.54, 1.807) is 20.8 Å². The predicted octanol–water partition coefficient (Wildman–Crippen LogP) is 1.96. The first-order valence-corrected chi connectivity index (χ1v) is 5.61. The Balaban J connectivity index is 2.82. The van der Waals surface area contributed by atoms with Crippen molar-refractivity contribution < 1.29 is 32.2 Å². The van der Waals surface area contributed by atoms with Gasteiger partial charge in [0.1, 0.15) is 17.6 Å². The maximum Gasteiger partial charge on any atom is 0.411 e. The van der Waals surface area contributed by atoms with Crippen LogP contribution in [0.1, 0.15) is 20.8 Å². The molecule has 0 bridgehead atoms. The zero-order valence-corrected chi connectivity index (χ0v) is 11.1.